The lowest BCUT2D eigenvalue weighted by Gasteiger charge is -2.09. The van der Waals surface area contributed by atoms with E-state index in [0.717, 1.165) is 23.3 Å². The molecule has 0 spiro atoms. The zero-order chi connectivity index (χ0) is 12.5. The molecule has 0 saturated heterocycles. The quantitative estimate of drug-likeness (QED) is 0.900. The first-order valence-corrected chi connectivity index (χ1v) is 7.20. The molecule has 1 aromatic carbocycles. The summed E-state index contributed by atoms with van der Waals surface area (Å²) in [4.78, 5) is 4.50. The van der Waals surface area contributed by atoms with Crippen LogP contribution >= 0.6 is 23.4 Å². The molecule has 5 heteroatoms. The number of amidine groups is 1. The molecule has 2 aliphatic rings. The van der Waals surface area contributed by atoms with Crippen LogP contribution in [-0.2, 0) is 0 Å². The number of aliphatic imine (C=N–C) groups is 1. The third-order valence-electron chi connectivity index (χ3n) is 3.17. The molecule has 0 bridgehead atoms. The maximum Gasteiger partial charge on any atom is 0.161 e. The number of thioether (sulfide) groups is 1. The molecule has 1 aliphatic carbocycles. The van der Waals surface area contributed by atoms with Gasteiger partial charge in [0.05, 0.1) is 28.9 Å². The van der Waals surface area contributed by atoms with Crippen LogP contribution in [0, 0.1) is 17.2 Å². The number of nitriles is 1. The van der Waals surface area contributed by atoms with Gasteiger partial charge in [-0.1, -0.05) is 23.4 Å². The predicted molar refractivity (Wildman–Crippen MR) is 76.2 cm³/mol. The molecule has 3 nitrogen and oxygen atoms in total. The second-order valence-electron chi connectivity index (χ2n) is 4.57. The minimum Gasteiger partial charge on any atom is -0.334 e. The first kappa shape index (κ1) is 11.9. The van der Waals surface area contributed by atoms with Gasteiger partial charge in [-0.3, -0.25) is 4.99 Å². The second-order valence-corrected chi connectivity index (χ2v) is 6.21. The van der Waals surface area contributed by atoms with E-state index in [1.165, 1.54) is 12.8 Å². The van der Waals surface area contributed by atoms with E-state index in [2.05, 4.69) is 16.4 Å². The molecule has 1 aromatic rings. The van der Waals surface area contributed by atoms with Crippen LogP contribution in [0.15, 0.2) is 23.2 Å². The summed E-state index contributed by atoms with van der Waals surface area (Å²) in [6, 6.07) is 7.32. The summed E-state index contributed by atoms with van der Waals surface area (Å²) >= 11 is 7.93. The van der Waals surface area contributed by atoms with E-state index in [1.807, 2.05) is 17.8 Å². The molecule has 1 heterocycles. The highest BCUT2D eigenvalue weighted by Crippen LogP contribution is 2.42. The molecule has 1 unspecified atom stereocenters. The molecular weight excluding hydrogens is 266 g/mol. The van der Waals surface area contributed by atoms with Gasteiger partial charge in [0.15, 0.2) is 5.17 Å². The fourth-order valence-corrected chi connectivity index (χ4v) is 3.42. The first-order chi connectivity index (χ1) is 8.76. The van der Waals surface area contributed by atoms with Crippen molar-refractivity contribution in [3.05, 3.63) is 28.8 Å². The van der Waals surface area contributed by atoms with Crippen LogP contribution in [0.4, 0.5) is 5.69 Å². The molecule has 18 heavy (non-hydrogen) atoms. The van der Waals surface area contributed by atoms with Crippen molar-refractivity contribution in [1.29, 1.82) is 5.26 Å². The maximum atomic E-state index is 8.78. The van der Waals surface area contributed by atoms with E-state index < -0.39 is 0 Å². The Labute approximate surface area is 115 Å². The number of hydrogen-bond acceptors (Lipinski definition) is 4. The average molecular weight is 278 g/mol. The van der Waals surface area contributed by atoms with Crippen molar-refractivity contribution < 1.29 is 0 Å². The number of hydrogen-bond donors (Lipinski definition) is 1. The lowest BCUT2D eigenvalue weighted by atomic mass is 10.2. The minimum absolute atomic E-state index is 0.562. The molecule has 0 amide bonds. The Balaban J connectivity index is 1.68. The highest BCUT2D eigenvalue weighted by atomic mass is 35.5. The van der Waals surface area contributed by atoms with Gasteiger partial charge in [-0.15, -0.1) is 0 Å². The standard InChI is InChI=1S/C13H12ClN3S/c14-10-5-8(6-15)1-4-11(10)17-13-16-7-12(18-13)9-2-3-9/h1,4-5,9,12H,2-3,7H2,(H,16,17). The molecule has 1 N–H and O–H groups in total. The smallest absolute Gasteiger partial charge is 0.161 e. The van der Waals surface area contributed by atoms with Crippen LogP contribution < -0.4 is 5.32 Å². The van der Waals surface area contributed by atoms with Crippen molar-refractivity contribution >= 4 is 34.2 Å². The summed E-state index contributed by atoms with van der Waals surface area (Å²) in [6.45, 7) is 0.908. The van der Waals surface area contributed by atoms with Gasteiger partial charge >= 0.3 is 0 Å². The summed E-state index contributed by atoms with van der Waals surface area (Å²) in [7, 11) is 0. The van der Waals surface area contributed by atoms with Crippen molar-refractivity contribution in [3.63, 3.8) is 0 Å². The molecule has 1 atom stereocenters. The summed E-state index contributed by atoms with van der Waals surface area (Å²) in [5, 5.41) is 14.2. The van der Waals surface area contributed by atoms with Gasteiger partial charge in [-0.25, -0.2) is 0 Å². The molecular formula is C13H12ClN3S. The van der Waals surface area contributed by atoms with Crippen LogP contribution in [-0.4, -0.2) is 17.0 Å². The van der Waals surface area contributed by atoms with E-state index in [4.69, 9.17) is 16.9 Å². The molecule has 1 aliphatic heterocycles. The fourth-order valence-electron chi connectivity index (χ4n) is 1.97. The Hall–Kier alpha value is -1.18. The Kier molecular flexibility index (Phi) is 3.19. The second kappa shape index (κ2) is 4.83. The molecule has 0 radical (unpaired) electrons. The van der Waals surface area contributed by atoms with Gasteiger partial charge in [0.2, 0.25) is 0 Å². The Morgan fingerprint density at radius 1 is 1.44 bits per heavy atom. The normalized spacial score (nSPS) is 22.4. The van der Waals surface area contributed by atoms with Crippen LogP contribution in [0.25, 0.3) is 0 Å². The molecule has 92 valence electrons. The molecule has 3 rings (SSSR count). The SMILES string of the molecule is N#Cc1ccc(NC2=NCC(C3CC3)S2)c(Cl)c1. The van der Waals surface area contributed by atoms with Gasteiger partial charge < -0.3 is 5.32 Å². The van der Waals surface area contributed by atoms with Crippen molar-refractivity contribution in [2.45, 2.75) is 18.1 Å². The Morgan fingerprint density at radius 2 is 2.28 bits per heavy atom. The highest BCUT2D eigenvalue weighted by molar-refractivity contribution is 8.15. The topological polar surface area (TPSA) is 48.2 Å². The summed E-state index contributed by atoms with van der Waals surface area (Å²) in [5.74, 6) is 0.856. The first-order valence-electron chi connectivity index (χ1n) is 5.94. The van der Waals surface area contributed by atoms with Gasteiger partial charge in [-0.2, -0.15) is 5.26 Å². The number of nitrogens with zero attached hydrogens (tertiary/aromatic N) is 2. The third-order valence-corrected chi connectivity index (χ3v) is 4.77. The summed E-state index contributed by atoms with van der Waals surface area (Å²) in [6.07, 6.45) is 2.69. The van der Waals surface area contributed by atoms with E-state index >= 15 is 0 Å². The highest BCUT2D eigenvalue weighted by Gasteiger charge is 2.35. The van der Waals surface area contributed by atoms with E-state index in [1.54, 1.807) is 12.1 Å². The minimum atomic E-state index is 0.562. The van der Waals surface area contributed by atoms with Crippen molar-refractivity contribution in [3.8, 4) is 6.07 Å². The van der Waals surface area contributed by atoms with E-state index in [0.29, 0.717) is 15.8 Å². The fraction of sp³-hybridized carbons (Fsp3) is 0.385. The van der Waals surface area contributed by atoms with Gasteiger partial charge in [-0.05, 0) is 37.0 Å². The van der Waals surface area contributed by atoms with Crippen LogP contribution in [0.3, 0.4) is 0 Å². The summed E-state index contributed by atoms with van der Waals surface area (Å²) < 4.78 is 0. The van der Waals surface area contributed by atoms with Gasteiger partial charge in [0.1, 0.15) is 0 Å². The van der Waals surface area contributed by atoms with Crippen molar-refractivity contribution in [2.75, 3.05) is 11.9 Å². The number of anilines is 1. The van der Waals surface area contributed by atoms with E-state index in [-0.39, 0.29) is 0 Å². The third kappa shape index (κ3) is 2.47. The summed E-state index contributed by atoms with van der Waals surface area (Å²) in [5.41, 5.74) is 1.39. The molecule has 1 fully saturated rings. The molecule has 0 aromatic heterocycles. The zero-order valence-electron chi connectivity index (χ0n) is 9.69. The van der Waals surface area contributed by atoms with Crippen molar-refractivity contribution in [2.24, 2.45) is 10.9 Å². The van der Waals surface area contributed by atoms with Gasteiger partial charge in [0.25, 0.3) is 0 Å². The van der Waals surface area contributed by atoms with Crippen molar-refractivity contribution in [1.82, 2.24) is 0 Å². The monoisotopic (exact) mass is 277 g/mol. The van der Waals surface area contributed by atoms with Crippen LogP contribution in [0.2, 0.25) is 5.02 Å². The number of halogens is 1. The Bertz CT molecular complexity index is 546. The number of nitrogens with one attached hydrogen (secondary N) is 1. The predicted octanol–water partition coefficient (Wildman–Crippen LogP) is 3.50. The lowest BCUT2D eigenvalue weighted by molar-refractivity contribution is 0.773. The van der Waals surface area contributed by atoms with Crippen LogP contribution in [0.1, 0.15) is 18.4 Å². The Morgan fingerprint density at radius 3 is 2.94 bits per heavy atom. The maximum absolute atomic E-state index is 8.78. The largest absolute Gasteiger partial charge is 0.334 e. The number of rotatable bonds is 2. The zero-order valence-corrected chi connectivity index (χ0v) is 11.3. The van der Waals surface area contributed by atoms with E-state index in [9.17, 15) is 0 Å². The van der Waals surface area contributed by atoms with Crippen LogP contribution in [0.5, 0.6) is 0 Å². The average Bonchev–Trinajstić information content (AvgIpc) is 3.13. The lowest BCUT2D eigenvalue weighted by Crippen LogP contribution is -2.09. The van der Waals surface area contributed by atoms with Gasteiger partial charge in [0, 0.05) is 5.25 Å². The number of benzene rings is 1. The molecule has 1 saturated carbocycles.